The van der Waals surface area contributed by atoms with Gasteiger partial charge in [-0.25, -0.2) is 4.98 Å². The van der Waals surface area contributed by atoms with Crippen molar-refractivity contribution in [1.29, 1.82) is 0 Å². The predicted molar refractivity (Wildman–Crippen MR) is 73.7 cm³/mol. The molecule has 0 radical (unpaired) electrons. The zero-order valence-corrected chi connectivity index (χ0v) is 12.1. The fourth-order valence-electron chi connectivity index (χ4n) is 2.19. The summed E-state index contributed by atoms with van der Waals surface area (Å²) in [5.41, 5.74) is 1.30. The van der Waals surface area contributed by atoms with Gasteiger partial charge < -0.3 is 5.32 Å². The SMILES string of the molecule is CC(C)c1csc(C(C)(C)N2CCNCC2)n1. The van der Waals surface area contributed by atoms with Gasteiger partial charge in [0.15, 0.2) is 0 Å². The fourth-order valence-corrected chi connectivity index (χ4v) is 3.32. The Hall–Kier alpha value is -0.450. The normalized spacial score (nSPS) is 18.9. The number of nitrogens with one attached hydrogen (secondary N) is 1. The molecule has 2 rings (SSSR count). The van der Waals surface area contributed by atoms with Gasteiger partial charge in [0.2, 0.25) is 0 Å². The van der Waals surface area contributed by atoms with Crippen molar-refractivity contribution >= 4 is 11.3 Å². The summed E-state index contributed by atoms with van der Waals surface area (Å²) in [6, 6.07) is 0. The number of aromatic nitrogens is 1. The van der Waals surface area contributed by atoms with Crippen LogP contribution >= 0.6 is 11.3 Å². The lowest BCUT2D eigenvalue weighted by molar-refractivity contribution is 0.102. The summed E-state index contributed by atoms with van der Waals surface area (Å²) < 4.78 is 0. The van der Waals surface area contributed by atoms with Crippen molar-refractivity contribution in [3.63, 3.8) is 0 Å². The number of piperazine rings is 1. The van der Waals surface area contributed by atoms with Gasteiger partial charge in [0, 0.05) is 31.6 Å². The van der Waals surface area contributed by atoms with E-state index in [4.69, 9.17) is 4.98 Å². The molecular formula is C13H23N3S. The standard InChI is InChI=1S/C13H23N3S/c1-10(2)11-9-17-12(15-11)13(3,4)16-7-5-14-6-8-16/h9-10,14H,5-8H2,1-4H3. The first kappa shape index (κ1) is 13.0. The van der Waals surface area contributed by atoms with Gasteiger partial charge in [0.25, 0.3) is 0 Å². The van der Waals surface area contributed by atoms with Crippen LogP contribution < -0.4 is 5.32 Å². The van der Waals surface area contributed by atoms with E-state index in [0.717, 1.165) is 26.2 Å². The van der Waals surface area contributed by atoms with Crippen molar-refractivity contribution in [2.45, 2.75) is 39.2 Å². The van der Waals surface area contributed by atoms with Gasteiger partial charge in [-0.15, -0.1) is 11.3 Å². The molecule has 1 fully saturated rings. The van der Waals surface area contributed by atoms with Gasteiger partial charge in [-0.05, 0) is 19.8 Å². The summed E-state index contributed by atoms with van der Waals surface area (Å²) in [6.45, 7) is 13.4. The first-order valence-corrected chi connectivity index (χ1v) is 7.31. The zero-order valence-electron chi connectivity index (χ0n) is 11.3. The second-order valence-electron chi connectivity index (χ2n) is 5.53. The molecule has 0 aliphatic carbocycles. The van der Waals surface area contributed by atoms with Crippen LogP contribution in [0.25, 0.3) is 0 Å². The predicted octanol–water partition coefficient (Wildman–Crippen LogP) is 2.41. The van der Waals surface area contributed by atoms with Crippen LogP contribution in [0.5, 0.6) is 0 Å². The molecule has 1 N–H and O–H groups in total. The monoisotopic (exact) mass is 253 g/mol. The van der Waals surface area contributed by atoms with Crippen LogP contribution in [0.3, 0.4) is 0 Å². The van der Waals surface area contributed by atoms with Gasteiger partial charge in [0.05, 0.1) is 11.2 Å². The highest BCUT2D eigenvalue weighted by Crippen LogP contribution is 2.31. The fraction of sp³-hybridized carbons (Fsp3) is 0.769. The first-order valence-electron chi connectivity index (χ1n) is 6.43. The number of nitrogens with zero attached hydrogens (tertiary/aromatic N) is 2. The number of hydrogen-bond donors (Lipinski definition) is 1. The molecule has 0 bridgehead atoms. The van der Waals surface area contributed by atoms with Crippen LogP contribution in [0.1, 0.15) is 44.3 Å². The Morgan fingerprint density at radius 1 is 1.35 bits per heavy atom. The number of rotatable bonds is 3. The van der Waals surface area contributed by atoms with Crippen molar-refractivity contribution in [2.75, 3.05) is 26.2 Å². The Labute approximate surface area is 108 Å². The van der Waals surface area contributed by atoms with E-state index in [0.29, 0.717) is 5.92 Å². The number of hydrogen-bond acceptors (Lipinski definition) is 4. The molecule has 0 unspecified atom stereocenters. The summed E-state index contributed by atoms with van der Waals surface area (Å²) in [4.78, 5) is 7.35. The van der Waals surface area contributed by atoms with Gasteiger partial charge in [0.1, 0.15) is 5.01 Å². The van der Waals surface area contributed by atoms with Crippen LogP contribution in [0, 0.1) is 0 Å². The van der Waals surface area contributed by atoms with E-state index in [1.807, 2.05) is 0 Å². The van der Waals surface area contributed by atoms with Gasteiger partial charge >= 0.3 is 0 Å². The van der Waals surface area contributed by atoms with Crippen molar-refractivity contribution in [1.82, 2.24) is 15.2 Å². The van der Waals surface area contributed by atoms with Crippen molar-refractivity contribution < 1.29 is 0 Å². The molecule has 1 saturated heterocycles. The molecule has 0 amide bonds. The van der Waals surface area contributed by atoms with Crippen LogP contribution in [0.4, 0.5) is 0 Å². The minimum absolute atomic E-state index is 0.0694. The second kappa shape index (κ2) is 5.04. The highest BCUT2D eigenvalue weighted by Gasteiger charge is 2.32. The minimum Gasteiger partial charge on any atom is -0.314 e. The largest absolute Gasteiger partial charge is 0.314 e. The van der Waals surface area contributed by atoms with E-state index in [1.165, 1.54) is 10.7 Å². The maximum atomic E-state index is 4.81. The molecule has 1 aliphatic heterocycles. The Morgan fingerprint density at radius 3 is 2.53 bits per heavy atom. The maximum Gasteiger partial charge on any atom is 0.113 e. The molecule has 3 nitrogen and oxygen atoms in total. The Balaban J connectivity index is 2.17. The van der Waals surface area contributed by atoms with Crippen molar-refractivity contribution in [2.24, 2.45) is 0 Å². The molecule has 0 atom stereocenters. The third-order valence-corrected chi connectivity index (χ3v) is 4.72. The van der Waals surface area contributed by atoms with Crippen LogP contribution in [-0.4, -0.2) is 36.1 Å². The molecular weight excluding hydrogens is 230 g/mol. The molecule has 1 aromatic rings. The third-order valence-electron chi connectivity index (χ3n) is 3.54. The molecule has 0 spiro atoms. The topological polar surface area (TPSA) is 28.2 Å². The number of thiazole rings is 1. The quantitative estimate of drug-likeness (QED) is 0.896. The summed E-state index contributed by atoms with van der Waals surface area (Å²) >= 11 is 1.81. The molecule has 0 aromatic carbocycles. The van der Waals surface area contributed by atoms with Crippen LogP contribution in [-0.2, 0) is 5.54 Å². The smallest absolute Gasteiger partial charge is 0.113 e. The lowest BCUT2D eigenvalue weighted by Crippen LogP contribution is -2.51. The molecule has 0 saturated carbocycles. The first-order chi connectivity index (χ1) is 8.01. The summed E-state index contributed by atoms with van der Waals surface area (Å²) in [6.07, 6.45) is 0. The lowest BCUT2D eigenvalue weighted by atomic mass is 10.0. The van der Waals surface area contributed by atoms with E-state index in [1.54, 1.807) is 11.3 Å². The Morgan fingerprint density at radius 2 is 2.00 bits per heavy atom. The average molecular weight is 253 g/mol. The summed E-state index contributed by atoms with van der Waals surface area (Å²) in [5.74, 6) is 0.527. The Bertz CT molecular complexity index is 364. The second-order valence-corrected chi connectivity index (χ2v) is 6.39. The molecule has 1 aliphatic rings. The molecule has 96 valence electrons. The highest BCUT2D eigenvalue weighted by atomic mass is 32.1. The molecule has 1 aromatic heterocycles. The van der Waals surface area contributed by atoms with E-state index in [9.17, 15) is 0 Å². The van der Waals surface area contributed by atoms with E-state index < -0.39 is 0 Å². The minimum atomic E-state index is 0.0694. The van der Waals surface area contributed by atoms with E-state index in [-0.39, 0.29) is 5.54 Å². The van der Waals surface area contributed by atoms with Crippen molar-refractivity contribution in [3.05, 3.63) is 16.1 Å². The zero-order chi connectivity index (χ0) is 12.5. The molecule has 17 heavy (non-hydrogen) atoms. The summed E-state index contributed by atoms with van der Waals surface area (Å²) in [5, 5.41) is 6.87. The van der Waals surface area contributed by atoms with Crippen LogP contribution in [0.15, 0.2) is 5.38 Å². The van der Waals surface area contributed by atoms with Crippen molar-refractivity contribution in [3.8, 4) is 0 Å². The molecule has 4 heteroatoms. The lowest BCUT2D eigenvalue weighted by Gasteiger charge is -2.39. The van der Waals surface area contributed by atoms with Gasteiger partial charge in [-0.1, -0.05) is 13.8 Å². The van der Waals surface area contributed by atoms with Gasteiger partial charge in [-0.3, -0.25) is 4.90 Å². The van der Waals surface area contributed by atoms with E-state index >= 15 is 0 Å². The van der Waals surface area contributed by atoms with E-state index in [2.05, 4.69) is 43.3 Å². The average Bonchev–Trinajstić information content (AvgIpc) is 2.80. The van der Waals surface area contributed by atoms with Crippen LogP contribution in [0.2, 0.25) is 0 Å². The third kappa shape index (κ3) is 2.69. The Kier molecular flexibility index (Phi) is 3.85. The highest BCUT2D eigenvalue weighted by molar-refractivity contribution is 7.09. The maximum absolute atomic E-state index is 4.81. The summed E-state index contributed by atoms with van der Waals surface area (Å²) in [7, 11) is 0. The molecule has 2 heterocycles. The van der Waals surface area contributed by atoms with Gasteiger partial charge in [-0.2, -0.15) is 0 Å².